The summed E-state index contributed by atoms with van der Waals surface area (Å²) in [5.41, 5.74) is 2.72. The zero-order valence-electron chi connectivity index (χ0n) is 13.5. The Balaban J connectivity index is 1.44. The molecule has 1 aromatic heterocycles. The first-order valence-electron chi connectivity index (χ1n) is 8.84. The van der Waals surface area contributed by atoms with E-state index in [0.717, 1.165) is 48.7 Å². The lowest BCUT2D eigenvalue weighted by atomic mass is 9.87. The number of benzene rings is 1. The molecule has 1 aromatic carbocycles. The van der Waals surface area contributed by atoms with Gasteiger partial charge in [0.05, 0.1) is 6.20 Å². The summed E-state index contributed by atoms with van der Waals surface area (Å²) in [6.45, 7) is 2.25. The Morgan fingerprint density at radius 1 is 1.04 bits per heavy atom. The number of aromatic amines is 1. The third-order valence-corrected chi connectivity index (χ3v) is 5.64. The van der Waals surface area contributed by atoms with E-state index in [1.807, 2.05) is 12.1 Å². The molecule has 1 saturated heterocycles. The van der Waals surface area contributed by atoms with Gasteiger partial charge in [0.25, 0.3) is 0 Å². The van der Waals surface area contributed by atoms with Gasteiger partial charge in [-0.1, -0.05) is 25.0 Å². The number of H-pyrrole nitrogens is 1. The lowest BCUT2D eigenvalue weighted by molar-refractivity contribution is 0.153. The van der Waals surface area contributed by atoms with Gasteiger partial charge in [0.2, 0.25) is 0 Å². The first-order chi connectivity index (χ1) is 11.3. The van der Waals surface area contributed by atoms with Gasteiger partial charge in [0.1, 0.15) is 5.82 Å². The van der Waals surface area contributed by atoms with Crippen LogP contribution in [0.5, 0.6) is 0 Å². The van der Waals surface area contributed by atoms with Crippen molar-refractivity contribution in [2.24, 2.45) is 0 Å². The maximum Gasteiger partial charge on any atom is 0.127 e. The van der Waals surface area contributed by atoms with E-state index in [4.69, 9.17) is 0 Å². The second-order valence-corrected chi connectivity index (χ2v) is 6.97. The van der Waals surface area contributed by atoms with E-state index in [1.54, 1.807) is 18.5 Å². The van der Waals surface area contributed by atoms with Crippen LogP contribution in [-0.4, -0.2) is 34.2 Å². The summed E-state index contributed by atoms with van der Waals surface area (Å²) in [7, 11) is 0. The number of hydrogen-bond donors (Lipinski definition) is 1. The second kappa shape index (κ2) is 6.44. The van der Waals surface area contributed by atoms with Crippen LogP contribution in [0, 0.1) is 5.82 Å². The highest BCUT2D eigenvalue weighted by Crippen LogP contribution is 2.34. The third kappa shape index (κ3) is 3.05. The van der Waals surface area contributed by atoms with Crippen molar-refractivity contribution in [3.8, 4) is 11.1 Å². The number of hydrogen-bond acceptors (Lipinski definition) is 2. The van der Waals surface area contributed by atoms with Gasteiger partial charge in [-0.25, -0.2) is 4.39 Å². The minimum Gasteiger partial charge on any atom is -0.300 e. The van der Waals surface area contributed by atoms with Gasteiger partial charge in [0.15, 0.2) is 0 Å². The van der Waals surface area contributed by atoms with Crippen LogP contribution >= 0.6 is 0 Å². The highest BCUT2D eigenvalue weighted by Gasteiger charge is 2.28. The largest absolute Gasteiger partial charge is 0.300 e. The minimum atomic E-state index is -0.0667. The molecule has 0 unspecified atom stereocenters. The molecule has 0 spiro atoms. The van der Waals surface area contributed by atoms with Crippen LogP contribution in [-0.2, 0) is 0 Å². The fourth-order valence-corrected chi connectivity index (χ4v) is 4.29. The van der Waals surface area contributed by atoms with Crippen LogP contribution in [0.4, 0.5) is 4.39 Å². The summed E-state index contributed by atoms with van der Waals surface area (Å²) in [6.07, 6.45) is 11.2. The van der Waals surface area contributed by atoms with Gasteiger partial charge in [-0.3, -0.25) is 5.10 Å². The third-order valence-electron chi connectivity index (χ3n) is 5.64. The van der Waals surface area contributed by atoms with Crippen LogP contribution in [0.2, 0.25) is 0 Å². The molecule has 0 radical (unpaired) electrons. The fourth-order valence-electron chi connectivity index (χ4n) is 4.29. The zero-order chi connectivity index (χ0) is 15.6. The highest BCUT2D eigenvalue weighted by molar-refractivity contribution is 5.62. The second-order valence-electron chi connectivity index (χ2n) is 6.97. The number of likely N-dealkylation sites (tertiary alicyclic amines) is 1. The number of halogens is 1. The fraction of sp³-hybridized carbons (Fsp3) is 0.526. The Morgan fingerprint density at radius 2 is 1.83 bits per heavy atom. The Hall–Kier alpha value is -1.68. The highest BCUT2D eigenvalue weighted by atomic mass is 19.1. The Labute approximate surface area is 136 Å². The molecule has 0 amide bonds. The number of aromatic nitrogens is 2. The predicted molar refractivity (Wildman–Crippen MR) is 89.8 cm³/mol. The summed E-state index contributed by atoms with van der Waals surface area (Å²) in [6, 6.07) is 6.45. The Morgan fingerprint density at radius 3 is 2.48 bits per heavy atom. The zero-order valence-corrected chi connectivity index (χ0v) is 13.5. The quantitative estimate of drug-likeness (QED) is 0.914. The van der Waals surface area contributed by atoms with Gasteiger partial charge < -0.3 is 4.90 Å². The van der Waals surface area contributed by atoms with Crippen molar-refractivity contribution in [2.45, 2.75) is 50.5 Å². The van der Waals surface area contributed by atoms with E-state index in [0.29, 0.717) is 5.92 Å². The van der Waals surface area contributed by atoms with Crippen LogP contribution < -0.4 is 0 Å². The van der Waals surface area contributed by atoms with Gasteiger partial charge in [0, 0.05) is 17.8 Å². The van der Waals surface area contributed by atoms with Crippen LogP contribution in [0.3, 0.4) is 0 Å². The van der Waals surface area contributed by atoms with E-state index < -0.39 is 0 Å². The van der Waals surface area contributed by atoms with Crippen molar-refractivity contribution in [2.75, 3.05) is 13.1 Å². The van der Waals surface area contributed by atoms with E-state index in [9.17, 15) is 4.39 Å². The van der Waals surface area contributed by atoms with Gasteiger partial charge in [-0.15, -0.1) is 0 Å². The van der Waals surface area contributed by atoms with Gasteiger partial charge in [-0.2, -0.15) is 5.10 Å². The van der Waals surface area contributed by atoms with Gasteiger partial charge in [-0.05, 0) is 61.9 Å². The molecule has 1 aliphatic heterocycles. The molecular formula is C19H24FN3. The molecule has 3 nitrogen and oxygen atoms in total. The van der Waals surface area contributed by atoms with Crippen molar-refractivity contribution in [1.29, 1.82) is 0 Å². The topological polar surface area (TPSA) is 31.9 Å². The van der Waals surface area contributed by atoms with Crippen LogP contribution in [0.15, 0.2) is 30.6 Å². The first kappa shape index (κ1) is 14.9. The Kier molecular flexibility index (Phi) is 4.17. The standard InChI is InChI=1S/C19H24FN3/c20-19-11-15(16-12-21-22-13-16)5-6-18(19)14-7-9-23(10-8-14)17-3-1-2-4-17/h5-6,11-14,17H,1-4,7-10H2,(H,21,22). The molecule has 4 heteroatoms. The molecular weight excluding hydrogens is 289 g/mol. The number of rotatable bonds is 3. The van der Waals surface area contributed by atoms with Crippen molar-refractivity contribution in [3.05, 3.63) is 42.0 Å². The molecule has 2 aliphatic rings. The molecule has 2 aromatic rings. The van der Waals surface area contributed by atoms with Crippen molar-refractivity contribution in [3.63, 3.8) is 0 Å². The summed E-state index contributed by atoms with van der Waals surface area (Å²) < 4.78 is 14.6. The maximum absolute atomic E-state index is 14.6. The summed E-state index contributed by atoms with van der Waals surface area (Å²) in [4.78, 5) is 2.64. The molecule has 0 atom stereocenters. The lowest BCUT2D eigenvalue weighted by Gasteiger charge is -2.36. The molecule has 1 aliphatic carbocycles. The lowest BCUT2D eigenvalue weighted by Crippen LogP contribution is -2.39. The molecule has 1 saturated carbocycles. The summed E-state index contributed by atoms with van der Waals surface area (Å²) in [5, 5.41) is 6.71. The normalized spacial score (nSPS) is 21.1. The molecule has 122 valence electrons. The van der Waals surface area contributed by atoms with Crippen molar-refractivity contribution >= 4 is 0 Å². The number of nitrogens with zero attached hydrogens (tertiary/aromatic N) is 2. The first-order valence-corrected chi connectivity index (χ1v) is 8.84. The summed E-state index contributed by atoms with van der Waals surface area (Å²) >= 11 is 0. The van der Waals surface area contributed by atoms with Crippen molar-refractivity contribution < 1.29 is 4.39 Å². The number of nitrogens with one attached hydrogen (secondary N) is 1. The number of piperidine rings is 1. The molecule has 2 heterocycles. The van der Waals surface area contributed by atoms with E-state index in [1.165, 1.54) is 25.7 Å². The molecule has 1 N–H and O–H groups in total. The average molecular weight is 313 g/mol. The summed E-state index contributed by atoms with van der Waals surface area (Å²) in [5.74, 6) is 0.300. The Bertz CT molecular complexity index is 639. The average Bonchev–Trinajstić information content (AvgIpc) is 3.29. The molecule has 23 heavy (non-hydrogen) atoms. The van der Waals surface area contributed by atoms with E-state index in [2.05, 4.69) is 15.1 Å². The molecule has 4 rings (SSSR count). The molecule has 2 fully saturated rings. The minimum absolute atomic E-state index is 0.0667. The van der Waals surface area contributed by atoms with Crippen LogP contribution in [0.1, 0.15) is 50.0 Å². The van der Waals surface area contributed by atoms with E-state index >= 15 is 0 Å². The van der Waals surface area contributed by atoms with E-state index in [-0.39, 0.29) is 5.82 Å². The van der Waals surface area contributed by atoms with Crippen molar-refractivity contribution in [1.82, 2.24) is 15.1 Å². The maximum atomic E-state index is 14.6. The monoisotopic (exact) mass is 313 g/mol. The van der Waals surface area contributed by atoms with Gasteiger partial charge >= 0.3 is 0 Å². The molecule has 0 bridgehead atoms. The predicted octanol–water partition coefficient (Wildman–Crippen LogP) is 4.34. The van der Waals surface area contributed by atoms with Crippen LogP contribution in [0.25, 0.3) is 11.1 Å². The SMILES string of the molecule is Fc1cc(-c2cn[nH]c2)ccc1C1CCN(C2CCCC2)CC1. The smallest absolute Gasteiger partial charge is 0.127 e.